The first kappa shape index (κ1) is 33.8. The average Bonchev–Trinajstić information content (AvgIpc) is 3.57. The van der Waals surface area contributed by atoms with Crippen molar-refractivity contribution in [1.29, 1.82) is 0 Å². The molecular weight excluding hydrogens is 560 g/mol. The van der Waals surface area contributed by atoms with E-state index in [0.717, 1.165) is 56.8 Å². The molecule has 0 aromatic heterocycles. The molecule has 0 radical (unpaired) electrons. The van der Waals surface area contributed by atoms with Gasteiger partial charge in [0.2, 0.25) is 0 Å². The van der Waals surface area contributed by atoms with Crippen molar-refractivity contribution in [2.45, 2.75) is 110 Å². The lowest BCUT2D eigenvalue weighted by molar-refractivity contribution is 0.257. The molecule has 0 aliphatic heterocycles. The molecule has 46 heavy (non-hydrogen) atoms. The van der Waals surface area contributed by atoms with Crippen LogP contribution in [-0.2, 0) is 6.42 Å². The van der Waals surface area contributed by atoms with Gasteiger partial charge in [-0.25, -0.2) is 0 Å². The van der Waals surface area contributed by atoms with Gasteiger partial charge >= 0.3 is 0 Å². The van der Waals surface area contributed by atoms with Crippen LogP contribution in [0.1, 0.15) is 125 Å². The molecule has 1 atom stereocenters. The molecule has 2 aliphatic carbocycles. The predicted octanol–water partition coefficient (Wildman–Crippen LogP) is 12.7. The number of hydrogen-bond acceptors (Lipinski definition) is 2. The van der Waals surface area contributed by atoms with Crippen LogP contribution in [0.2, 0.25) is 0 Å². The molecule has 3 aromatic carbocycles. The van der Waals surface area contributed by atoms with Crippen molar-refractivity contribution >= 4 is 11.1 Å². The first-order chi connectivity index (χ1) is 22.7. The molecule has 2 aliphatic rings. The minimum atomic E-state index is 0.424. The Morgan fingerprint density at radius 3 is 1.67 bits per heavy atom. The number of benzene rings is 3. The van der Waals surface area contributed by atoms with Gasteiger partial charge in [0, 0.05) is 5.56 Å². The van der Waals surface area contributed by atoms with Gasteiger partial charge in [0.15, 0.2) is 11.5 Å². The molecule has 0 bridgehead atoms. The van der Waals surface area contributed by atoms with Crippen molar-refractivity contribution in [3.63, 3.8) is 0 Å². The number of fused-ring (bicyclic) bond motifs is 4. The predicted molar refractivity (Wildman–Crippen MR) is 198 cm³/mol. The number of ether oxygens (including phenoxy) is 2. The summed E-state index contributed by atoms with van der Waals surface area (Å²) < 4.78 is 13.3. The highest BCUT2D eigenvalue weighted by Gasteiger charge is 2.35. The second-order valence-corrected chi connectivity index (χ2v) is 13.4. The van der Waals surface area contributed by atoms with Crippen molar-refractivity contribution in [2.24, 2.45) is 5.92 Å². The van der Waals surface area contributed by atoms with Crippen LogP contribution in [0.4, 0.5) is 0 Å². The number of rotatable bonds is 20. The average molecular weight is 617 g/mol. The molecular formula is C44H56O2. The molecule has 2 nitrogen and oxygen atoms in total. The minimum absolute atomic E-state index is 0.424. The normalized spacial score (nSPS) is 14.6. The standard InChI is InChI=1S/C44H56O2/c1-5-7-9-11-13-15-17-23-29-45-40-32-35-31-33(3)41(43-38-27-21-19-25-36(38)37-26-20-22-28-39(37)43)42(35)34(4)44(40)46-30-24-18-16-14-12-10-8-6-2/h5-6,19-22,25-28,32-33H,1-2,7-18,23-24,29-31H2,3-4H3. The molecule has 3 aromatic rings. The number of unbranched alkanes of at least 4 members (excludes halogenated alkanes) is 12. The van der Waals surface area contributed by atoms with Crippen LogP contribution in [0.3, 0.4) is 0 Å². The largest absolute Gasteiger partial charge is 0.490 e. The monoisotopic (exact) mass is 616 g/mol. The van der Waals surface area contributed by atoms with Gasteiger partial charge in [0.25, 0.3) is 0 Å². The summed E-state index contributed by atoms with van der Waals surface area (Å²) in [5.74, 6) is 2.33. The Labute approximate surface area is 279 Å². The SMILES string of the molecule is C=CCCCCCCCCOc1cc2c(c(C)c1OCCCCCCCCC=C)C(=C1c3ccccc3-c3ccccc31)C(C)C2. The van der Waals surface area contributed by atoms with Gasteiger partial charge < -0.3 is 9.47 Å². The molecule has 0 heterocycles. The summed E-state index contributed by atoms with van der Waals surface area (Å²) in [6.45, 7) is 13.8. The van der Waals surface area contributed by atoms with Crippen LogP contribution < -0.4 is 9.47 Å². The van der Waals surface area contributed by atoms with E-state index in [9.17, 15) is 0 Å². The molecule has 0 saturated carbocycles. The third kappa shape index (κ3) is 8.06. The Kier molecular flexibility index (Phi) is 12.8. The van der Waals surface area contributed by atoms with E-state index in [4.69, 9.17) is 9.47 Å². The summed E-state index contributed by atoms with van der Waals surface area (Å²) in [6.07, 6.45) is 22.2. The second-order valence-electron chi connectivity index (χ2n) is 13.4. The highest BCUT2D eigenvalue weighted by Crippen LogP contribution is 2.54. The zero-order valence-corrected chi connectivity index (χ0v) is 28.7. The van der Waals surface area contributed by atoms with E-state index in [1.165, 1.54) is 114 Å². The maximum absolute atomic E-state index is 6.69. The van der Waals surface area contributed by atoms with E-state index >= 15 is 0 Å². The molecule has 0 amide bonds. The summed E-state index contributed by atoms with van der Waals surface area (Å²) in [5, 5.41) is 0. The van der Waals surface area contributed by atoms with Gasteiger partial charge in [0.1, 0.15) is 0 Å². The molecule has 0 saturated heterocycles. The first-order valence-corrected chi connectivity index (χ1v) is 18.2. The quantitative estimate of drug-likeness (QED) is 0.0726. The van der Waals surface area contributed by atoms with E-state index in [2.05, 4.69) is 81.6 Å². The Morgan fingerprint density at radius 2 is 1.13 bits per heavy atom. The van der Waals surface area contributed by atoms with Crippen molar-refractivity contribution < 1.29 is 9.47 Å². The Balaban J connectivity index is 1.36. The van der Waals surface area contributed by atoms with E-state index in [1.54, 1.807) is 0 Å². The van der Waals surface area contributed by atoms with Gasteiger partial charge in [0.05, 0.1) is 13.2 Å². The summed E-state index contributed by atoms with van der Waals surface area (Å²) in [6, 6.07) is 20.2. The molecule has 0 spiro atoms. The van der Waals surface area contributed by atoms with Crippen LogP contribution in [0, 0.1) is 12.8 Å². The number of allylic oxidation sites excluding steroid dienone is 3. The summed E-state index contributed by atoms with van der Waals surface area (Å²) in [4.78, 5) is 0. The zero-order chi connectivity index (χ0) is 32.1. The molecule has 0 N–H and O–H groups in total. The second kappa shape index (κ2) is 17.4. The number of hydrogen-bond donors (Lipinski definition) is 0. The van der Waals surface area contributed by atoms with E-state index in [0.29, 0.717) is 5.92 Å². The molecule has 2 heteroatoms. The minimum Gasteiger partial charge on any atom is -0.490 e. The van der Waals surface area contributed by atoms with Crippen LogP contribution in [0.15, 0.2) is 79.9 Å². The Morgan fingerprint density at radius 1 is 0.652 bits per heavy atom. The third-order valence-corrected chi connectivity index (χ3v) is 9.92. The van der Waals surface area contributed by atoms with Gasteiger partial charge in [-0.1, -0.05) is 119 Å². The van der Waals surface area contributed by atoms with Gasteiger partial charge in [-0.2, -0.15) is 0 Å². The lowest BCUT2D eigenvalue weighted by Gasteiger charge is -2.20. The first-order valence-electron chi connectivity index (χ1n) is 18.2. The van der Waals surface area contributed by atoms with Crippen LogP contribution >= 0.6 is 0 Å². The van der Waals surface area contributed by atoms with Gasteiger partial charge in [-0.3, -0.25) is 0 Å². The van der Waals surface area contributed by atoms with Crippen molar-refractivity contribution in [3.05, 3.63) is 108 Å². The lowest BCUT2D eigenvalue weighted by Crippen LogP contribution is -2.06. The molecule has 5 rings (SSSR count). The lowest BCUT2D eigenvalue weighted by atomic mass is 9.88. The molecule has 1 unspecified atom stereocenters. The van der Waals surface area contributed by atoms with E-state index in [-0.39, 0.29) is 0 Å². The van der Waals surface area contributed by atoms with Gasteiger partial charge in [-0.15, -0.1) is 13.2 Å². The molecule has 244 valence electrons. The summed E-state index contributed by atoms with van der Waals surface area (Å²) >= 11 is 0. The fourth-order valence-corrected chi connectivity index (χ4v) is 7.57. The maximum atomic E-state index is 6.69. The summed E-state index contributed by atoms with van der Waals surface area (Å²) in [5.41, 5.74) is 12.3. The fraction of sp³-hybridized carbons (Fsp3) is 0.455. The Hall–Kier alpha value is -3.52. The zero-order valence-electron chi connectivity index (χ0n) is 28.7. The topological polar surface area (TPSA) is 18.5 Å². The van der Waals surface area contributed by atoms with E-state index in [1.807, 2.05) is 12.2 Å². The van der Waals surface area contributed by atoms with Crippen molar-refractivity contribution in [3.8, 4) is 22.6 Å². The summed E-state index contributed by atoms with van der Waals surface area (Å²) in [7, 11) is 0. The van der Waals surface area contributed by atoms with Crippen LogP contribution in [0.5, 0.6) is 11.5 Å². The molecule has 0 fully saturated rings. The fourth-order valence-electron chi connectivity index (χ4n) is 7.57. The smallest absolute Gasteiger partial charge is 0.164 e. The van der Waals surface area contributed by atoms with Crippen LogP contribution in [-0.4, -0.2) is 13.2 Å². The Bertz CT molecular complexity index is 1440. The van der Waals surface area contributed by atoms with E-state index < -0.39 is 0 Å². The maximum Gasteiger partial charge on any atom is 0.164 e. The highest BCUT2D eigenvalue weighted by molar-refractivity contribution is 6.12. The third-order valence-electron chi connectivity index (χ3n) is 9.92. The van der Waals surface area contributed by atoms with Crippen molar-refractivity contribution in [2.75, 3.05) is 13.2 Å². The highest BCUT2D eigenvalue weighted by atomic mass is 16.5. The van der Waals surface area contributed by atoms with Crippen molar-refractivity contribution in [1.82, 2.24) is 0 Å². The van der Waals surface area contributed by atoms with Gasteiger partial charge in [-0.05, 0) is 108 Å². The van der Waals surface area contributed by atoms with Crippen LogP contribution in [0.25, 0.3) is 22.3 Å².